The molecule has 1 aromatic rings. The Morgan fingerprint density at radius 1 is 1.53 bits per heavy atom. The molecule has 2 heterocycles. The summed E-state index contributed by atoms with van der Waals surface area (Å²) < 4.78 is 0. The predicted molar refractivity (Wildman–Crippen MR) is 62.2 cm³/mol. The van der Waals surface area contributed by atoms with E-state index in [9.17, 15) is 9.59 Å². The van der Waals surface area contributed by atoms with Gasteiger partial charge in [0.25, 0.3) is 5.91 Å². The van der Waals surface area contributed by atoms with Crippen LogP contribution in [0, 0.1) is 0 Å². The van der Waals surface area contributed by atoms with Crippen molar-refractivity contribution >= 4 is 17.5 Å². The number of carbonyl (C=O) groups is 2. The van der Waals surface area contributed by atoms with Gasteiger partial charge in [-0.3, -0.25) is 14.6 Å². The van der Waals surface area contributed by atoms with Crippen LogP contribution in [0.15, 0.2) is 18.5 Å². The third-order valence-corrected chi connectivity index (χ3v) is 2.63. The second-order valence-electron chi connectivity index (χ2n) is 3.89. The van der Waals surface area contributed by atoms with E-state index in [-0.39, 0.29) is 18.4 Å². The lowest BCUT2D eigenvalue weighted by atomic mass is 10.2. The molecule has 1 aliphatic rings. The molecule has 0 aliphatic carbocycles. The first-order valence-electron chi connectivity index (χ1n) is 5.44. The Morgan fingerprint density at radius 2 is 2.35 bits per heavy atom. The monoisotopic (exact) mass is 234 g/mol. The van der Waals surface area contributed by atoms with Crippen molar-refractivity contribution in [2.45, 2.75) is 6.42 Å². The Bertz CT molecular complexity index is 447. The zero-order valence-electron chi connectivity index (χ0n) is 9.35. The number of pyridine rings is 1. The first kappa shape index (κ1) is 11.4. The van der Waals surface area contributed by atoms with E-state index in [0.717, 1.165) is 6.42 Å². The van der Waals surface area contributed by atoms with Crippen LogP contribution in [0.2, 0.25) is 0 Å². The molecule has 0 unspecified atom stereocenters. The molecule has 2 rings (SSSR count). The van der Waals surface area contributed by atoms with Crippen LogP contribution in [0.5, 0.6) is 0 Å². The number of amides is 2. The maximum absolute atomic E-state index is 12.2. The second kappa shape index (κ2) is 4.82. The van der Waals surface area contributed by atoms with E-state index in [1.807, 2.05) is 0 Å². The van der Waals surface area contributed by atoms with Crippen molar-refractivity contribution < 1.29 is 9.59 Å². The normalized spacial score (nSPS) is 16.2. The summed E-state index contributed by atoms with van der Waals surface area (Å²) in [4.78, 5) is 28.9. The highest BCUT2D eigenvalue weighted by Gasteiger charge is 2.22. The lowest BCUT2D eigenvalue weighted by molar-refractivity contribution is -0.121. The Balaban J connectivity index is 2.19. The largest absolute Gasteiger partial charge is 0.397 e. The van der Waals surface area contributed by atoms with Crippen molar-refractivity contribution in [2.24, 2.45) is 0 Å². The standard InChI is InChI=1S/C11H14N4O2/c12-9-6-13-4-2-8(9)11(17)15-5-1-3-14-10(16)7-15/h2,4,6H,1,3,5,7,12H2,(H,14,16). The summed E-state index contributed by atoms with van der Waals surface area (Å²) in [5.41, 5.74) is 6.42. The summed E-state index contributed by atoms with van der Waals surface area (Å²) >= 11 is 0. The molecular weight excluding hydrogens is 220 g/mol. The minimum atomic E-state index is -0.220. The van der Waals surface area contributed by atoms with Crippen LogP contribution in [0.25, 0.3) is 0 Å². The fraction of sp³-hybridized carbons (Fsp3) is 0.364. The van der Waals surface area contributed by atoms with Gasteiger partial charge >= 0.3 is 0 Å². The van der Waals surface area contributed by atoms with E-state index in [2.05, 4.69) is 10.3 Å². The summed E-state index contributed by atoms with van der Waals surface area (Å²) in [5, 5.41) is 2.72. The fourth-order valence-electron chi connectivity index (χ4n) is 1.75. The van der Waals surface area contributed by atoms with Crippen molar-refractivity contribution in [3.8, 4) is 0 Å². The molecule has 1 saturated heterocycles. The average molecular weight is 234 g/mol. The number of hydrogen-bond acceptors (Lipinski definition) is 4. The molecule has 17 heavy (non-hydrogen) atoms. The highest BCUT2D eigenvalue weighted by molar-refractivity contribution is 6.00. The first-order chi connectivity index (χ1) is 8.18. The van der Waals surface area contributed by atoms with Gasteiger partial charge in [-0.25, -0.2) is 0 Å². The molecule has 0 radical (unpaired) electrons. The zero-order valence-corrected chi connectivity index (χ0v) is 9.35. The first-order valence-corrected chi connectivity index (χ1v) is 5.44. The Kier molecular flexibility index (Phi) is 3.22. The van der Waals surface area contributed by atoms with Gasteiger partial charge in [0.05, 0.1) is 24.0 Å². The lowest BCUT2D eigenvalue weighted by Crippen LogP contribution is -2.37. The number of anilines is 1. The third kappa shape index (κ3) is 2.52. The molecule has 1 fully saturated rings. The summed E-state index contributed by atoms with van der Waals surface area (Å²) in [6, 6.07) is 1.57. The molecule has 0 bridgehead atoms. The smallest absolute Gasteiger partial charge is 0.256 e. The van der Waals surface area contributed by atoms with Crippen molar-refractivity contribution in [1.82, 2.24) is 15.2 Å². The minimum Gasteiger partial charge on any atom is -0.397 e. The molecule has 0 saturated carbocycles. The number of aromatic nitrogens is 1. The molecule has 2 amide bonds. The fourth-order valence-corrected chi connectivity index (χ4v) is 1.75. The summed E-state index contributed by atoms with van der Waals surface area (Å²) in [6.07, 6.45) is 3.70. The van der Waals surface area contributed by atoms with E-state index in [0.29, 0.717) is 24.3 Å². The van der Waals surface area contributed by atoms with Crippen LogP contribution in [0.4, 0.5) is 5.69 Å². The molecule has 0 spiro atoms. The van der Waals surface area contributed by atoms with Gasteiger partial charge in [-0.15, -0.1) is 0 Å². The highest BCUT2D eigenvalue weighted by atomic mass is 16.2. The van der Waals surface area contributed by atoms with Crippen molar-refractivity contribution in [1.29, 1.82) is 0 Å². The molecule has 1 aliphatic heterocycles. The Labute approximate surface area is 98.8 Å². The van der Waals surface area contributed by atoms with Gasteiger partial charge in [0.1, 0.15) is 0 Å². The lowest BCUT2D eigenvalue weighted by Gasteiger charge is -2.19. The van der Waals surface area contributed by atoms with E-state index in [4.69, 9.17) is 5.73 Å². The summed E-state index contributed by atoms with van der Waals surface area (Å²) in [7, 11) is 0. The predicted octanol–water partition coefficient (Wildman–Crippen LogP) is -0.374. The number of hydrogen-bond donors (Lipinski definition) is 2. The SMILES string of the molecule is Nc1cnccc1C(=O)N1CCCNC(=O)C1. The topological polar surface area (TPSA) is 88.3 Å². The third-order valence-electron chi connectivity index (χ3n) is 2.63. The molecule has 0 atom stereocenters. The maximum atomic E-state index is 12.2. The van der Waals surface area contributed by atoms with Crippen LogP contribution in [0.1, 0.15) is 16.8 Å². The van der Waals surface area contributed by atoms with Crippen LogP contribution in [-0.4, -0.2) is 41.3 Å². The van der Waals surface area contributed by atoms with Crippen LogP contribution >= 0.6 is 0 Å². The van der Waals surface area contributed by atoms with Crippen LogP contribution in [-0.2, 0) is 4.79 Å². The van der Waals surface area contributed by atoms with E-state index < -0.39 is 0 Å². The van der Waals surface area contributed by atoms with E-state index >= 15 is 0 Å². The Morgan fingerprint density at radius 3 is 3.12 bits per heavy atom. The molecule has 6 heteroatoms. The van der Waals surface area contributed by atoms with Crippen molar-refractivity contribution in [2.75, 3.05) is 25.4 Å². The second-order valence-corrected chi connectivity index (χ2v) is 3.89. The van der Waals surface area contributed by atoms with Gasteiger partial charge < -0.3 is 16.0 Å². The molecule has 1 aromatic heterocycles. The zero-order chi connectivity index (χ0) is 12.3. The maximum Gasteiger partial charge on any atom is 0.256 e. The molecule has 3 N–H and O–H groups in total. The van der Waals surface area contributed by atoms with Gasteiger partial charge in [0, 0.05) is 19.3 Å². The minimum absolute atomic E-state index is 0.0839. The highest BCUT2D eigenvalue weighted by Crippen LogP contribution is 2.12. The molecule has 6 nitrogen and oxygen atoms in total. The molecular formula is C11H14N4O2. The average Bonchev–Trinajstić information content (AvgIpc) is 2.54. The molecule has 0 aromatic carbocycles. The number of rotatable bonds is 1. The van der Waals surface area contributed by atoms with Crippen molar-refractivity contribution in [3.63, 3.8) is 0 Å². The Hall–Kier alpha value is -2.11. The van der Waals surface area contributed by atoms with Gasteiger partial charge in [0.2, 0.25) is 5.91 Å². The number of carbonyl (C=O) groups excluding carboxylic acids is 2. The number of nitrogens with one attached hydrogen (secondary N) is 1. The summed E-state index contributed by atoms with van der Waals surface area (Å²) in [6.45, 7) is 1.24. The van der Waals surface area contributed by atoms with E-state index in [1.165, 1.54) is 17.3 Å². The quantitative estimate of drug-likeness (QED) is 0.693. The van der Waals surface area contributed by atoms with Gasteiger partial charge in [-0.05, 0) is 12.5 Å². The van der Waals surface area contributed by atoms with Gasteiger partial charge in [-0.2, -0.15) is 0 Å². The van der Waals surface area contributed by atoms with Gasteiger partial charge in [-0.1, -0.05) is 0 Å². The number of nitrogen functional groups attached to an aromatic ring is 1. The van der Waals surface area contributed by atoms with Crippen molar-refractivity contribution in [3.05, 3.63) is 24.0 Å². The van der Waals surface area contributed by atoms with Crippen LogP contribution < -0.4 is 11.1 Å². The van der Waals surface area contributed by atoms with E-state index in [1.54, 1.807) is 6.07 Å². The molecule has 90 valence electrons. The number of nitrogens with zero attached hydrogens (tertiary/aromatic N) is 2. The van der Waals surface area contributed by atoms with Crippen LogP contribution in [0.3, 0.4) is 0 Å². The number of nitrogens with two attached hydrogens (primary N) is 1. The van der Waals surface area contributed by atoms with Gasteiger partial charge in [0.15, 0.2) is 0 Å². The summed E-state index contributed by atoms with van der Waals surface area (Å²) in [5.74, 6) is -0.356.